The predicted octanol–water partition coefficient (Wildman–Crippen LogP) is 2.60. The Morgan fingerprint density at radius 1 is 0.458 bits per heavy atom. The summed E-state index contributed by atoms with van der Waals surface area (Å²) in [5, 5.41) is 0. The van der Waals surface area contributed by atoms with Crippen LogP contribution in [0.2, 0.25) is 0 Å². The van der Waals surface area contributed by atoms with Gasteiger partial charge in [0.1, 0.15) is 0 Å². The predicted molar refractivity (Wildman–Crippen MR) is 105 cm³/mol. The first-order chi connectivity index (χ1) is 11.8. The highest BCUT2D eigenvalue weighted by Crippen LogP contribution is 2.07. The summed E-state index contributed by atoms with van der Waals surface area (Å²) < 4.78 is 0. The van der Waals surface area contributed by atoms with Crippen LogP contribution < -0.4 is 0 Å². The highest BCUT2D eigenvalue weighted by Gasteiger charge is 2.17. The molecule has 2 saturated heterocycles. The molecule has 2 heterocycles. The van der Waals surface area contributed by atoms with Crippen LogP contribution in [0.1, 0.15) is 52.4 Å². The molecule has 2 aliphatic rings. The van der Waals surface area contributed by atoms with Gasteiger partial charge in [0.25, 0.3) is 0 Å². The fourth-order valence-electron chi connectivity index (χ4n) is 3.99. The molecule has 4 heteroatoms. The molecule has 0 aliphatic carbocycles. The summed E-state index contributed by atoms with van der Waals surface area (Å²) in [6.07, 6.45) is 8.09. The molecule has 0 aromatic rings. The first-order valence-corrected chi connectivity index (χ1v) is 10.7. The van der Waals surface area contributed by atoms with E-state index in [1.807, 2.05) is 0 Å². The van der Waals surface area contributed by atoms with Crippen molar-refractivity contribution in [2.75, 3.05) is 78.5 Å². The largest absolute Gasteiger partial charge is 0.302 e. The lowest BCUT2D eigenvalue weighted by atomic mass is 10.3. The van der Waals surface area contributed by atoms with E-state index in [0.29, 0.717) is 0 Å². The van der Waals surface area contributed by atoms with Crippen molar-refractivity contribution in [1.29, 1.82) is 0 Å². The van der Waals surface area contributed by atoms with E-state index in [1.54, 1.807) is 0 Å². The lowest BCUT2D eigenvalue weighted by molar-refractivity contribution is 0.203. The SMILES string of the molecule is CCCCN1CCCN(CCN2CCCN(CCCC)CC2)CC1. The highest BCUT2D eigenvalue weighted by molar-refractivity contribution is 4.74. The summed E-state index contributed by atoms with van der Waals surface area (Å²) in [5.74, 6) is 0. The Balaban J connectivity index is 1.62. The Hall–Kier alpha value is -0.160. The molecular weight excluding hydrogens is 296 g/mol. The van der Waals surface area contributed by atoms with Crippen LogP contribution in [0.4, 0.5) is 0 Å². The molecule has 0 atom stereocenters. The monoisotopic (exact) mass is 338 g/mol. The Morgan fingerprint density at radius 3 is 1.12 bits per heavy atom. The van der Waals surface area contributed by atoms with Gasteiger partial charge in [-0.2, -0.15) is 0 Å². The quantitative estimate of drug-likeness (QED) is 0.641. The van der Waals surface area contributed by atoms with Crippen molar-refractivity contribution in [1.82, 2.24) is 19.6 Å². The summed E-state index contributed by atoms with van der Waals surface area (Å²) in [6.45, 7) is 20.1. The van der Waals surface area contributed by atoms with Gasteiger partial charge >= 0.3 is 0 Å². The molecule has 2 rings (SSSR count). The molecular formula is C20H42N4. The minimum absolute atomic E-state index is 1.27. The van der Waals surface area contributed by atoms with Crippen LogP contribution in [0.5, 0.6) is 0 Å². The van der Waals surface area contributed by atoms with Gasteiger partial charge in [-0.1, -0.05) is 26.7 Å². The number of nitrogens with zero attached hydrogens (tertiary/aromatic N) is 4. The van der Waals surface area contributed by atoms with Gasteiger partial charge in [0, 0.05) is 39.3 Å². The van der Waals surface area contributed by atoms with Crippen LogP contribution in [0.25, 0.3) is 0 Å². The van der Waals surface area contributed by atoms with E-state index in [9.17, 15) is 0 Å². The smallest absolute Gasteiger partial charge is 0.0110 e. The van der Waals surface area contributed by atoms with Crippen molar-refractivity contribution < 1.29 is 0 Å². The maximum Gasteiger partial charge on any atom is 0.0110 e. The van der Waals surface area contributed by atoms with E-state index in [-0.39, 0.29) is 0 Å². The maximum absolute atomic E-state index is 2.71. The zero-order chi connectivity index (χ0) is 17.0. The van der Waals surface area contributed by atoms with E-state index >= 15 is 0 Å². The van der Waals surface area contributed by atoms with E-state index < -0.39 is 0 Å². The first-order valence-electron chi connectivity index (χ1n) is 10.7. The normalized spacial score (nSPS) is 23.2. The van der Waals surface area contributed by atoms with Gasteiger partial charge in [-0.25, -0.2) is 0 Å². The third-order valence-electron chi connectivity index (χ3n) is 5.75. The van der Waals surface area contributed by atoms with Crippen LogP contribution >= 0.6 is 0 Å². The number of hydrogen-bond donors (Lipinski definition) is 0. The third-order valence-corrected chi connectivity index (χ3v) is 5.75. The molecule has 0 spiro atoms. The average molecular weight is 339 g/mol. The van der Waals surface area contributed by atoms with Gasteiger partial charge in [-0.15, -0.1) is 0 Å². The molecule has 4 nitrogen and oxygen atoms in total. The van der Waals surface area contributed by atoms with Crippen LogP contribution in [0.3, 0.4) is 0 Å². The van der Waals surface area contributed by atoms with E-state index in [4.69, 9.17) is 0 Å². The molecule has 0 aromatic carbocycles. The number of unbranched alkanes of at least 4 members (excludes halogenated alkanes) is 2. The third kappa shape index (κ3) is 7.81. The Morgan fingerprint density at radius 2 is 0.792 bits per heavy atom. The molecule has 0 aromatic heterocycles. The van der Waals surface area contributed by atoms with Gasteiger partial charge in [-0.3, -0.25) is 0 Å². The lowest BCUT2D eigenvalue weighted by Gasteiger charge is -2.26. The second-order valence-corrected chi connectivity index (χ2v) is 7.78. The molecule has 0 unspecified atom stereocenters. The summed E-state index contributed by atoms with van der Waals surface area (Å²) in [6, 6.07) is 0. The van der Waals surface area contributed by atoms with Crippen LogP contribution in [0.15, 0.2) is 0 Å². The van der Waals surface area contributed by atoms with Crippen LogP contribution in [0, 0.1) is 0 Å². The highest BCUT2D eigenvalue weighted by atomic mass is 15.3. The van der Waals surface area contributed by atoms with Crippen molar-refractivity contribution in [3.63, 3.8) is 0 Å². The van der Waals surface area contributed by atoms with Crippen LogP contribution in [-0.4, -0.2) is 98.1 Å². The van der Waals surface area contributed by atoms with E-state index in [2.05, 4.69) is 33.4 Å². The van der Waals surface area contributed by atoms with Gasteiger partial charge in [0.2, 0.25) is 0 Å². The van der Waals surface area contributed by atoms with Gasteiger partial charge in [0.15, 0.2) is 0 Å². The molecule has 2 fully saturated rings. The lowest BCUT2D eigenvalue weighted by Crippen LogP contribution is -2.39. The van der Waals surface area contributed by atoms with Crippen molar-refractivity contribution in [2.24, 2.45) is 0 Å². The fraction of sp³-hybridized carbons (Fsp3) is 1.00. The standard InChI is InChI=1S/C20H42N4/c1-3-5-9-21-11-7-13-23(17-15-21)19-20-24-14-8-12-22(16-18-24)10-6-4-2/h3-20H2,1-2H3. The second kappa shape index (κ2) is 12.2. The van der Waals surface area contributed by atoms with Crippen molar-refractivity contribution in [3.05, 3.63) is 0 Å². The number of hydrogen-bond acceptors (Lipinski definition) is 4. The Bertz CT molecular complexity index is 280. The molecule has 24 heavy (non-hydrogen) atoms. The average Bonchev–Trinajstić information content (AvgIpc) is 2.97. The van der Waals surface area contributed by atoms with Crippen LogP contribution in [-0.2, 0) is 0 Å². The fourth-order valence-corrected chi connectivity index (χ4v) is 3.99. The summed E-state index contributed by atoms with van der Waals surface area (Å²) in [4.78, 5) is 10.8. The number of rotatable bonds is 9. The summed E-state index contributed by atoms with van der Waals surface area (Å²) in [7, 11) is 0. The molecule has 0 saturated carbocycles. The van der Waals surface area contributed by atoms with Crippen molar-refractivity contribution in [2.45, 2.75) is 52.4 Å². The summed E-state index contributed by atoms with van der Waals surface area (Å²) in [5.41, 5.74) is 0. The molecule has 0 N–H and O–H groups in total. The minimum atomic E-state index is 1.27. The molecule has 0 radical (unpaired) electrons. The topological polar surface area (TPSA) is 13.0 Å². The molecule has 0 bridgehead atoms. The summed E-state index contributed by atoms with van der Waals surface area (Å²) >= 11 is 0. The Kier molecular flexibility index (Phi) is 10.3. The minimum Gasteiger partial charge on any atom is -0.302 e. The van der Waals surface area contributed by atoms with Gasteiger partial charge in [0.05, 0.1) is 0 Å². The van der Waals surface area contributed by atoms with E-state index in [1.165, 1.54) is 117 Å². The Labute approximate surface area is 151 Å². The second-order valence-electron chi connectivity index (χ2n) is 7.78. The van der Waals surface area contributed by atoms with E-state index in [0.717, 1.165) is 0 Å². The van der Waals surface area contributed by atoms with Crippen molar-refractivity contribution in [3.8, 4) is 0 Å². The molecule has 142 valence electrons. The van der Waals surface area contributed by atoms with Crippen molar-refractivity contribution >= 4 is 0 Å². The van der Waals surface area contributed by atoms with Gasteiger partial charge in [-0.05, 0) is 65.0 Å². The molecule has 0 amide bonds. The first kappa shape index (κ1) is 20.2. The molecule has 2 aliphatic heterocycles. The zero-order valence-corrected chi connectivity index (χ0v) is 16.5. The van der Waals surface area contributed by atoms with Gasteiger partial charge < -0.3 is 19.6 Å². The maximum atomic E-state index is 2.71. The zero-order valence-electron chi connectivity index (χ0n) is 16.5.